The largest absolute Gasteiger partial charge is 0.465 e. The van der Waals surface area contributed by atoms with Crippen molar-refractivity contribution < 1.29 is 9.90 Å². The Bertz CT molecular complexity index is 399. The van der Waals surface area contributed by atoms with Crippen molar-refractivity contribution in [2.24, 2.45) is 0 Å². The number of benzene rings is 1. The van der Waals surface area contributed by atoms with E-state index >= 15 is 0 Å². The Morgan fingerprint density at radius 2 is 1.88 bits per heavy atom. The van der Waals surface area contributed by atoms with Gasteiger partial charge in [0.05, 0.1) is 5.69 Å². The number of hydrogen-bond acceptors (Lipinski definition) is 1. The minimum Gasteiger partial charge on any atom is -0.465 e. The molecule has 3 heteroatoms. The van der Waals surface area contributed by atoms with Gasteiger partial charge in [-0.1, -0.05) is 45.9 Å². The Kier molecular flexibility index (Phi) is 4.55. The molecule has 17 heavy (non-hydrogen) atoms. The van der Waals surface area contributed by atoms with Crippen LogP contribution in [0, 0.1) is 0 Å². The van der Waals surface area contributed by atoms with Gasteiger partial charge in [0, 0.05) is 0 Å². The van der Waals surface area contributed by atoms with Gasteiger partial charge in [-0.05, 0) is 29.4 Å². The first-order valence-electron chi connectivity index (χ1n) is 6.10. The van der Waals surface area contributed by atoms with Gasteiger partial charge in [0.15, 0.2) is 0 Å². The van der Waals surface area contributed by atoms with Crippen molar-refractivity contribution >= 4 is 11.8 Å². The molecule has 1 atom stereocenters. The Labute approximate surface area is 103 Å². The van der Waals surface area contributed by atoms with Crippen LogP contribution in [-0.2, 0) is 0 Å². The summed E-state index contributed by atoms with van der Waals surface area (Å²) in [5.41, 5.74) is 2.91. The van der Waals surface area contributed by atoms with E-state index in [1.807, 2.05) is 18.2 Å². The number of nitrogens with one attached hydrogen (secondary N) is 1. The normalized spacial score (nSPS) is 12.5. The van der Waals surface area contributed by atoms with Gasteiger partial charge < -0.3 is 5.11 Å². The van der Waals surface area contributed by atoms with Crippen molar-refractivity contribution in [1.29, 1.82) is 0 Å². The maximum absolute atomic E-state index is 10.9. The van der Waals surface area contributed by atoms with Gasteiger partial charge in [-0.3, -0.25) is 5.32 Å². The first-order chi connectivity index (χ1) is 7.97. The van der Waals surface area contributed by atoms with Crippen LogP contribution in [0.1, 0.15) is 57.1 Å². The molecule has 1 amide bonds. The second-order valence-electron chi connectivity index (χ2n) is 4.71. The molecule has 0 bridgehead atoms. The van der Waals surface area contributed by atoms with Gasteiger partial charge in [0.1, 0.15) is 0 Å². The molecule has 1 unspecified atom stereocenters. The summed E-state index contributed by atoms with van der Waals surface area (Å²) in [7, 11) is 0. The predicted octanol–water partition coefficient (Wildman–Crippen LogP) is 4.41. The molecule has 0 saturated carbocycles. The fraction of sp³-hybridized carbons (Fsp3) is 0.500. The Balaban J connectivity index is 3.28. The fourth-order valence-corrected chi connectivity index (χ4v) is 1.95. The van der Waals surface area contributed by atoms with Gasteiger partial charge in [0.2, 0.25) is 0 Å². The highest BCUT2D eigenvalue weighted by molar-refractivity contribution is 5.85. The van der Waals surface area contributed by atoms with Crippen LogP contribution in [-0.4, -0.2) is 11.2 Å². The molecule has 1 aromatic rings. The average molecular weight is 235 g/mol. The Morgan fingerprint density at radius 1 is 1.29 bits per heavy atom. The molecular formula is C14H21NO2. The summed E-state index contributed by atoms with van der Waals surface area (Å²) in [5.74, 6) is 0.663. The van der Waals surface area contributed by atoms with Crippen LogP contribution in [0.25, 0.3) is 0 Å². The van der Waals surface area contributed by atoms with Crippen molar-refractivity contribution in [1.82, 2.24) is 0 Å². The molecule has 0 aliphatic rings. The summed E-state index contributed by atoms with van der Waals surface area (Å²) in [6, 6.07) is 6.00. The minimum absolute atomic E-state index is 0.306. The number of para-hydroxylation sites is 1. The van der Waals surface area contributed by atoms with E-state index < -0.39 is 6.09 Å². The SMILES string of the molecule is CCC(C)c1cccc(C(C)C)c1NC(=O)O. The maximum Gasteiger partial charge on any atom is 0.409 e. The smallest absolute Gasteiger partial charge is 0.409 e. The van der Waals surface area contributed by atoms with E-state index in [0.29, 0.717) is 11.8 Å². The van der Waals surface area contributed by atoms with E-state index in [-0.39, 0.29) is 0 Å². The van der Waals surface area contributed by atoms with Crippen LogP contribution >= 0.6 is 0 Å². The molecule has 1 rings (SSSR count). The highest BCUT2D eigenvalue weighted by atomic mass is 16.4. The summed E-state index contributed by atoms with van der Waals surface area (Å²) in [6.07, 6.45) is -0.00166. The lowest BCUT2D eigenvalue weighted by molar-refractivity contribution is 0.209. The molecule has 0 aliphatic heterocycles. The second-order valence-corrected chi connectivity index (χ2v) is 4.71. The average Bonchev–Trinajstić information content (AvgIpc) is 2.27. The maximum atomic E-state index is 10.9. The molecular weight excluding hydrogens is 214 g/mol. The lowest BCUT2D eigenvalue weighted by Crippen LogP contribution is -2.13. The van der Waals surface area contributed by atoms with Crippen molar-refractivity contribution in [2.75, 3.05) is 5.32 Å². The zero-order chi connectivity index (χ0) is 13.0. The van der Waals surface area contributed by atoms with Gasteiger partial charge >= 0.3 is 6.09 Å². The zero-order valence-electron chi connectivity index (χ0n) is 10.9. The molecule has 0 spiro atoms. The number of carboxylic acid groups (broad SMARTS) is 1. The van der Waals surface area contributed by atoms with E-state index in [4.69, 9.17) is 5.11 Å². The van der Waals surface area contributed by atoms with Crippen LogP contribution in [0.2, 0.25) is 0 Å². The third kappa shape index (κ3) is 3.22. The topological polar surface area (TPSA) is 49.3 Å². The number of hydrogen-bond donors (Lipinski definition) is 2. The van der Waals surface area contributed by atoms with E-state index in [0.717, 1.165) is 23.2 Å². The molecule has 3 nitrogen and oxygen atoms in total. The molecule has 0 saturated heterocycles. The third-order valence-electron chi connectivity index (χ3n) is 3.13. The van der Waals surface area contributed by atoms with Crippen LogP contribution in [0.4, 0.5) is 10.5 Å². The molecule has 0 radical (unpaired) electrons. The molecule has 94 valence electrons. The number of rotatable bonds is 4. The standard InChI is InChI=1S/C14H21NO2/c1-5-10(4)12-8-6-7-11(9(2)3)13(12)15-14(16)17/h6-10,15H,5H2,1-4H3,(H,16,17). The summed E-state index contributed by atoms with van der Waals surface area (Å²) in [4.78, 5) is 10.9. The highest BCUT2D eigenvalue weighted by Gasteiger charge is 2.16. The number of anilines is 1. The van der Waals surface area contributed by atoms with Crippen molar-refractivity contribution in [2.45, 2.75) is 46.0 Å². The molecule has 0 heterocycles. The van der Waals surface area contributed by atoms with Crippen molar-refractivity contribution in [3.05, 3.63) is 29.3 Å². The monoisotopic (exact) mass is 235 g/mol. The quantitative estimate of drug-likeness (QED) is 0.811. The minimum atomic E-state index is -0.998. The molecule has 2 N–H and O–H groups in total. The first kappa shape index (κ1) is 13.6. The molecule has 0 fully saturated rings. The van der Waals surface area contributed by atoms with Crippen molar-refractivity contribution in [3.63, 3.8) is 0 Å². The van der Waals surface area contributed by atoms with E-state index in [2.05, 4.69) is 33.0 Å². The zero-order valence-corrected chi connectivity index (χ0v) is 10.9. The predicted molar refractivity (Wildman–Crippen MR) is 70.9 cm³/mol. The van der Waals surface area contributed by atoms with Gasteiger partial charge in [-0.25, -0.2) is 4.79 Å². The second kappa shape index (κ2) is 5.71. The van der Waals surface area contributed by atoms with E-state index in [1.165, 1.54) is 0 Å². The summed E-state index contributed by atoms with van der Waals surface area (Å²) < 4.78 is 0. The van der Waals surface area contributed by atoms with Crippen LogP contribution in [0.15, 0.2) is 18.2 Å². The Morgan fingerprint density at radius 3 is 2.35 bits per heavy atom. The van der Waals surface area contributed by atoms with Crippen LogP contribution in [0.5, 0.6) is 0 Å². The fourth-order valence-electron chi connectivity index (χ4n) is 1.95. The Hall–Kier alpha value is -1.51. The summed E-state index contributed by atoms with van der Waals surface area (Å²) in [6.45, 7) is 8.37. The van der Waals surface area contributed by atoms with E-state index in [9.17, 15) is 4.79 Å². The number of carbonyl (C=O) groups is 1. The van der Waals surface area contributed by atoms with Gasteiger partial charge in [0.25, 0.3) is 0 Å². The number of amides is 1. The third-order valence-corrected chi connectivity index (χ3v) is 3.13. The van der Waals surface area contributed by atoms with Crippen LogP contribution in [0.3, 0.4) is 0 Å². The van der Waals surface area contributed by atoms with Gasteiger partial charge in [-0.15, -0.1) is 0 Å². The lowest BCUT2D eigenvalue weighted by Gasteiger charge is -2.20. The highest BCUT2D eigenvalue weighted by Crippen LogP contribution is 2.33. The lowest BCUT2D eigenvalue weighted by atomic mass is 9.90. The molecule has 0 aromatic heterocycles. The first-order valence-corrected chi connectivity index (χ1v) is 6.10. The molecule has 0 aliphatic carbocycles. The molecule has 1 aromatic carbocycles. The summed E-state index contributed by atoms with van der Waals surface area (Å²) in [5, 5.41) is 11.5. The van der Waals surface area contributed by atoms with Crippen LogP contribution < -0.4 is 5.32 Å². The van der Waals surface area contributed by atoms with Gasteiger partial charge in [-0.2, -0.15) is 0 Å². The van der Waals surface area contributed by atoms with E-state index in [1.54, 1.807) is 0 Å². The summed E-state index contributed by atoms with van der Waals surface area (Å²) >= 11 is 0. The van der Waals surface area contributed by atoms with Crippen molar-refractivity contribution in [3.8, 4) is 0 Å².